The average Bonchev–Trinajstić information content (AvgIpc) is 2.95. The van der Waals surface area contributed by atoms with Crippen LogP contribution in [0, 0.1) is 0 Å². The number of benzene rings is 1. The molecule has 0 aliphatic heterocycles. The van der Waals surface area contributed by atoms with Crippen LogP contribution in [0.5, 0.6) is 0 Å². The van der Waals surface area contributed by atoms with Gasteiger partial charge in [0.25, 0.3) is 0 Å². The summed E-state index contributed by atoms with van der Waals surface area (Å²) in [7, 11) is 3.40. The molecule has 0 aromatic heterocycles. The lowest BCUT2D eigenvalue weighted by atomic mass is 10.1. The van der Waals surface area contributed by atoms with Crippen LogP contribution in [0.2, 0.25) is 0 Å². The molecule has 0 saturated carbocycles. The zero-order chi connectivity index (χ0) is 29.9. The molecule has 0 atom stereocenters. The summed E-state index contributed by atoms with van der Waals surface area (Å²) < 4.78 is 0. The van der Waals surface area contributed by atoms with Gasteiger partial charge in [-0.3, -0.25) is 32.6 Å². The van der Waals surface area contributed by atoms with Crippen LogP contribution >= 0.6 is 48.9 Å². The van der Waals surface area contributed by atoms with E-state index in [1.54, 1.807) is 54.2 Å². The molecule has 0 heterocycles. The fourth-order valence-electron chi connectivity index (χ4n) is 2.07. The molecule has 0 bridgehead atoms. The molecule has 1 aromatic carbocycles. The number of thiocarbonyl (C=S) groups is 4. The Morgan fingerprint density at radius 1 is 0.550 bits per heavy atom. The molecule has 0 spiro atoms. The highest BCUT2D eigenvalue weighted by atomic mass is 32.1. The topological polar surface area (TPSA) is 170 Å². The van der Waals surface area contributed by atoms with Gasteiger partial charge in [-0.05, 0) is 93.8 Å². The zero-order valence-electron chi connectivity index (χ0n) is 22.8. The monoisotopic (exact) mass is 620 g/mol. The van der Waals surface area contributed by atoms with E-state index in [9.17, 15) is 0 Å². The Balaban J connectivity index is 2.57. The Labute approximate surface area is 254 Å². The maximum Gasteiger partial charge on any atom is 0.207 e. The SMILES string of the molecule is CNC(=S)N/N=C(C)/C(C)=N/NC(=S)N/N=C/c1cccc(/C=N/NC(=S)N/N=C(C)/C(C)=N/NC(=S)NC)c1. The van der Waals surface area contributed by atoms with Crippen molar-refractivity contribution in [3.63, 3.8) is 0 Å². The van der Waals surface area contributed by atoms with Crippen molar-refractivity contribution in [1.29, 1.82) is 0 Å². The summed E-state index contributed by atoms with van der Waals surface area (Å²) in [6.45, 7) is 7.12. The van der Waals surface area contributed by atoms with Crippen molar-refractivity contribution in [3.8, 4) is 0 Å². The third-order valence-corrected chi connectivity index (χ3v) is 5.43. The third-order valence-electron chi connectivity index (χ3n) is 4.47. The molecule has 1 aromatic rings. The third kappa shape index (κ3) is 14.8. The number of rotatable bonds is 10. The normalized spacial score (nSPS) is 12.6. The van der Waals surface area contributed by atoms with E-state index >= 15 is 0 Å². The van der Waals surface area contributed by atoms with E-state index in [1.807, 2.05) is 24.3 Å². The van der Waals surface area contributed by atoms with Crippen molar-refractivity contribution >= 4 is 105 Å². The summed E-state index contributed by atoms with van der Waals surface area (Å²) >= 11 is 20.3. The van der Waals surface area contributed by atoms with Gasteiger partial charge < -0.3 is 10.6 Å². The second-order valence-electron chi connectivity index (χ2n) is 7.46. The Kier molecular flexibility index (Phi) is 16.3. The van der Waals surface area contributed by atoms with E-state index in [4.69, 9.17) is 48.9 Å². The minimum Gasteiger partial charge on any atom is -0.364 e. The van der Waals surface area contributed by atoms with Gasteiger partial charge in [-0.25, -0.2) is 0 Å². The minimum absolute atomic E-state index is 0.210. The highest BCUT2D eigenvalue weighted by molar-refractivity contribution is 7.80. The first kappa shape index (κ1) is 34.0. The number of nitrogens with one attached hydrogen (secondary N) is 8. The lowest BCUT2D eigenvalue weighted by Crippen LogP contribution is -2.31. The van der Waals surface area contributed by atoms with Gasteiger partial charge in [0.1, 0.15) is 0 Å². The van der Waals surface area contributed by atoms with Crippen molar-refractivity contribution < 1.29 is 0 Å². The lowest BCUT2D eigenvalue weighted by molar-refractivity contribution is 0.929. The van der Waals surface area contributed by atoms with Gasteiger partial charge in [0.05, 0.1) is 35.3 Å². The molecule has 0 aliphatic carbocycles. The molecule has 0 saturated heterocycles. The first-order valence-electron chi connectivity index (χ1n) is 11.5. The van der Waals surface area contributed by atoms with Gasteiger partial charge in [-0.2, -0.15) is 30.6 Å². The Bertz CT molecular complexity index is 1160. The second-order valence-corrected chi connectivity index (χ2v) is 9.10. The quantitative estimate of drug-likeness (QED) is 0.106. The van der Waals surface area contributed by atoms with Crippen molar-refractivity contribution in [2.75, 3.05) is 14.1 Å². The summed E-state index contributed by atoms with van der Waals surface area (Å²) in [5, 5.41) is 31.5. The van der Waals surface area contributed by atoms with E-state index in [2.05, 4.69) is 73.8 Å². The number of nitrogens with zero attached hydrogens (tertiary/aromatic N) is 6. The van der Waals surface area contributed by atoms with Crippen LogP contribution < -0.4 is 43.2 Å². The van der Waals surface area contributed by atoms with Crippen LogP contribution in [-0.2, 0) is 0 Å². The predicted molar refractivity (Wildman–Crippen MR) is 181 cm³/mol. The number of hydrogen-bond donors (Lipinski definition) is 8. The zero-order valence-corrected chi connectivity index (χ0v) is 26.0. The lowest BCUT2D eigenvalue weighted by Gasteiger charge is -2.05. The summed E-state index contributed by atoms with van der Waals surface area (Å²) in [4.78, 5) is 0. The van der Waals surface area contributed by atoms with Gasteiger partial charge in [0, 0.05) is 14.1 Å². The predicted octanol–water partition coefficient (Wildman–Crippen LogP) is 0.974. The summed E-state index contributed by atoms with van der Waals surface area (Å²) in [5.41, 5.74) is 20.3. The highest BCUT2D eigenvalue weighted by Gasteiger charge is 2.00. The van der Waals surface area contributed by atoms with Gasteiger partial charge in [0.15, 0.2) is 10.2 Å². The fourth-order valence-corrected chi connectivity index (χ4v) is 2.36. The standard InChI is InChI=1S/C22H32N14S4/c1-13(27-33-19(37)23-5)15(3)29-35-21(39)31-25-11-17-8-7-9-18(10-17)12-26-32-22(40)36-30-16(4)14(2)28-34-20(38)24-6/h7-12H,1-6H3,(H2,23,33,37)(H2,24,34,38)(H2,31,35,39)(H2,32,36,40)/b25-11+,26-12+,27-13+,28-14+,29-15+,30-16+. The van der Waals surface area contributed by atoms with E-state index < -0.39 is 0 Å². The molecule has 0 aliphatic rings. The van der Waals surface area contributed by atoms with Crippen LogP contribution in [-0.4, -0.2) is 69.8 Å². The van der Waals surface area contributed by atoms with Crippen LogP contribution in [0.1, 0.15) is 38.8 Å². The van der Waals surface area contributed by atoms with Gasteiger partial charge >= 0.3 is 0 Å². The first-order chi connectivity index (χ1) is 19.0. The molecule has 0 amide bonds. The molecular weight excluding hydrogens is 589 g/mol. The van der Waals surface area contributed by atoms with Crippen molar-refractivity contribution in [2.24, 2.45) is 30.6 Å². The fraction of sp³-hybridized carbons (Fsp3) is 0.273. The van der Waals surface area contributed by atoms with Crippen LogP contribution in [0.3, 0.4) is 0 Å². The summed E-state index contributed by atoms with van der Waals surface area (Å²) in [6.07, 6.45) is 3.21. The molecule has 18 heteroatoms. The van der Waals surface area contributed by atoms with Crippen molar-refractivity contribution in [2.45, 2.75) is 27.7 Å². The highest BCUT2D eigenvalue weighted by Crippen LogP contribution is 2.00. The van der Waals surface area contributed by atoms with Gasteiger partial charge in [-0.1, -0.05) is 18.2 Å². The van der Waals surface area contributed by atoms with E-state index in [1.165, 1.54) is 0 Å². The maximum absolute atomic E-state index is 5.18. The van der Waals surface area contributed by atoms with E-state index in [0.717, 1.165) is 11.1 Å². The largest absolute Gasteiger partial charge is 0.364 e. The molecule has 0 radical (unpaired) electrons. The summed E-state index contributed by atoms with van der Waals surface area (Å²) in [5.74, 6) is 0. The second kappa shape index (κ2) is 19.1. The summed E-state index contributed by atoms with van der Waals surface area (Å²) in [6, 6.07) is 7.49. The molecule has 0 unspecified atom stereocenters. The molecule has 1 rings (SSSR count). The van der Waals surface area contributed by atoms with E-state index in [-0.39, 0.29) is 10.2 Å². The number of hydrazone groups is 6. The maximum atomic E-state index is 5.18. The van der Waals surface area contributed by atoms with Crippen molar-refractivity contribution in [3.05, 3.63) is 35.4 Å². The molecule has 14 nitrogen and oxygen atoms in total. The first-order valence-corrected chi connectivity index (χ1v) is 13.1. The Hall–Kier alpha value is -4.00. The van der Waals surface area contributed by atoms with Crippen LogP contribution in [0.25, 0.3) is 0 Å². The van der Waals surface area contributed by atoms with Crippen molar-refractivity contribution in [1.82, 2.24) is 43.2 Å². The van der Waals surface area contributed by atoms with Crippen LogP contribution in [0.4, 0.5) is 0 Å². The Morgan fingerprint density at radius 2 is 0.875 bits per heavy atom. The molecule has 214 valence electrons. The Morgan fingerprint density at radius 3 is 1.20 bits per heavy atom. The number of hydrogen-bond acceptors (Lipinski definition) is 10. The van der Waals surface area contributed by atoms with Crippen LogP contribution in [0.15, 0.2) is 54.9 Å². The van der Waals surface area contributed by atoms with Gasteiger partial charge in [0.2, 0.25) is 10.2 Å². The van der Waals surface area contributed by atoms with E-state index in [0.29, 0.717) is 33.1 Å². The molecular formula is C22H32N14S4. The minimum atomic E-state index is 0.210. The molecule has 40 heavy (non-hydrogen) atoms. The van der Waals surface area contributed by atoms with Gasteiger partial charge in [-0.15, -0.1) is 0 Å². The molecule has 0 fully saturated rings. The average molecular weight is 621 g/mol. The molecule has 8 N–H and O–H groups in total. The smallest absolute Gasteiger partial charge is 0.207 e.